The van der Waals surface area contributed by atoms with Crippen LogP contribution in [-0.2, 0) is 17.7 Å². The summed E-state index contributed by atoms with van der Waals surface area (Å²) in [5.74, 6) is 0.394. The van der Waals surface area contributed by atoms with E-state index in [1.54, 1.807) is 13.4 Å². The average Bonchev–Trinajstić information content (AvgIpc) is 3.08. The van der Waals surface area contributed by atoms with Gasteiger partial charge in [-0.3, -0.25) is 0 Å². The van der Waals surface area contributed by atoms with Gasteiger partial charge < -0.3 is 19.8 Å². The summed E-state index contributed by atoms with van der Waals surface area (Å²) in [5.41, 5.74) is 0.203. The lowest BCUT2D eigenvalue weighted by atomic mass is 10.2. The molecule has 0 aliphatic rings. The van der Waals surface area contributed by atoms with Gasteiger partial charge in [0.1, 0.15) is 17.4 Å². The van der Waals surface area contributed by atoms with E-state index in [-0.39, 0.29) is 36.1 Å². The second-order valence-electron chi connectivity index (χ2n) is 5.08. The van der Waals surface area contributed by atoms with E-state index >= 15 is 0 Å². The Kier molecular flexibility index (Phi) is 10.1. The third-order valence-corrected chi connectivity index (χ3v) is 3.26. The summed E-state index contributed by atoms with van der Waals surface area (Å²) in [4.78, 5) is 4.29. The second kappa shape index (κ2) is 11.8. The van der Waals surface area contributed by atoms with E-state index in [9.17, 15) is 8.78 Å². The van der Waals surface area contributed by atoms with Gasteiger partial charge in [-0.15, -0.1) is 24.0 Å². The minimum absolute atomic E-state index is 0. The van der Waals surface area contributed by atoms with Gasteiger partial charge >= 0.3 is 0 Å². The van der Waals surface area contributed by atoms with Crippen LogP contribution in [-0.4, -0.2) is 32.8 Å². The molecule has 0 fully saturated rings. The van der Waals surface area contributed by atoms with Crippen LogP contribution in [0.5, 0.6) is 0 Å². The normalized spacial score (nSPS) is 11.1. The number of guanidine groups is 1. The predicted molar refractivity (Wildman–Crippen MR) is 103 cm³/mol. The molecule has 25 heavy (non-hydrogen) atoms. The molecule has 0 atom stereocenters. The van der Waals surface area contributed by atoms with Crippen LogP contribution >= 0.6 is 24.0 Å². The molecular formula is C17H22F2IN3O2. The van der Waals surface area contributed by atoms with Crippen LogP contribution in [0.2, 0.25) is 0 Å². The quantitative estimate of drug-likeness (QED) is 0.272. The van der Waals surface area contributed by atoms with Crippen LogP contribution in [0.1, 0.15) is 11.3 Å². The van der Waals surface area contributed by atoms with Crippen molar-refractivity contribution in [2.45, 2.75) is 13.0 Å². The molecule has 8 heteroatoms. The van der Waals surface area contributed by atoms with Gasteiger partial charge in [-0.2, -0.15) is 0 Å². The van der Waals surface area contributed by atoms with E-state index in [0.29, 0.717) is 32.1 Å². The van der Waals surface area contributed by atoms with E-state index in [1.807, 2.05) is 12.1 Å². The molecule has 2 N–H and O–H groups in total. The molecule has 0 saturated carbocycles. The Morgan fingerprint density at radius 3 is 2.72 bits per heavy atom. The lowest BCUT2D eigenvalue weighted by molar-refractivity contribution is 0.203. The van der Waals surface area contributed by atoms with Crippen molar-refractivity contribution in [1.82, 2.24) is 10.6 Å². The Hall–Kier alpha value is -1.68. The molecule has 138 valence electrons. The zero-order valence-electron chi connectivity index (χ0n) is 13.9. The first kappa shape index (κ1) is 21.4. The molecule has 0 bridgehead atoms. The minimum Gasteiger partial charge on any atom is -0.469 e. The van der Waals surface area contributed by atoms with Crippen LogP contribution in [0.4, 0.5) is 8.78 Å². The number of hydrogen-bond acceptors (Lipinski definition) is 3. The lowest BCUT2D eigenvalue weighted by Gasteiger charge is -2.12. The third kappa shape index (κ3) is 7.82. The maximum Gasteiger partial charge on any atom is 0.191 e. The van der Waals surface area contributed by atoms with Crippen molar-refractivity contribution < 1.29 is 17.9 Å². The van der Waals surface area contributed by atoms with Crippen LogP contribution in [0, 0.1) is 11.6 Å². The number of methoxy groups -OCH3 is 1. The fraction of sp³-hybridized carbons (Fsp3) is 0.353. The summed E-state index contributed by atoms with van der Waals surface area (Å²) in [5, 5.41) is 6.20. The fourth-order valence-electron chi connectivity index (χ4n) is 2.03. The van der Waals surface area contributed by atoms with Crippen LogP contribution in [0.15, 0.2) is 46.0 Å². The molecule has 0 aliphatic heterocycles. The number of hydrogen-bond donors (Lipinski definition) is 2. The first-order valence-corrected chi connectivity index (χ1v) is 7.66. The fourth-order valence-corrected chi connectivity index (χ4v) is 2.03. The summed E-state index contributed by atoms with van der Waals surface area (Å²) in [6, 6.07) is 7.05. The Morgan fingerprint density at radius 2 is 2.00 bits per heavy atom. The predicted octanol–water partition coefficient (Wildman–Crippen LogP) is 3.10. The number of ether oxygens (including phenoxy) is 1. The number of benzene rings is 1. The summed E-state index contributed by atoms with van der Waals surface area (Å²) < 4.78 is 37.1. The monoisotopic (exact) mass is 465 g/mol. The summed E-state index contributed by atoms with van der Waals surface area (Å²) in [6.45, 7) is 1.69. The molecule has 2 aromatic rings. The molecule has 1 aromatic heterocycles. The smallest absolute Gasteiger partial charge is 0.191 e. The average molecular weight is 465 g/mol. The Morgan fingerprint density at radius 1 is 1.20 bits per heavy atom. The van der Waals surface area contributed by atoms with Gasteiger partial charge in [0.25, 0.3) is 0 Å². The van der Waals surface area contributed by atoms with Gasteiger partial charge in [-0.25, -0.2) is 13.8 Å². The Bertz CT molecular complexity index is 651. The molecule has 0 amide bonds. The molecule has 0 radical (unpaired) electrons. The molecule has 1 aromatic carbocycles. The molecule has 0 aliphatic carbocycles. The largest absolute Gasteiger partial charge is 0.469 e. The van der Waals surface area contributed by atoms with Crippen LogP contribution in [0.3, 0.4) is 0 Å². The highest BCUT2D eigenvalue weighted by molar-refractivity contribution is 14.0. The number of furan rings is 1. The molecular weight excluding hydrogens is 443 g/mol. The highest BCUT2D eigenvalue weighted by atomic mass is 127. The van der Waals surface area contributed by atoms with Crippen LogP contribution < -0.4 is 10.6 Å². The van der Waals surface area contributed by atoms with Crippen LogP contribution in [0.25, 0.3) is 0 Å². The van der Waals surface area contributed by atoms with E-state index in [2.05, 4.69) is 15.6 Å². The summed E-state index contributed by atoms with van der Waals surface area (Å²) in [6.07, 6.45) is 2.31. The zero-order chi connectivity index (χ0) is 17.2. The van der Waals surface area contributed by atoms with E-state index in [4.69, 9.17) is 9.15 Å². The molecule has 1 heterocycles. The van der Waals surface area contributed by atoms with Crippen molar-refractivity contribution in [2.24, 2.45) is 4.99 Å². The number of nitrogens with zero attached hydrogens (tertiary/aromatic N) is 1. The van der Waals surface area contributed by atoms with Crippen molar-refractivity contribution in [3.8, 4) is 0 Å². The highest BCUT2D eigenvalue weighted by Gasteiger charge is 2.05. The van der Waals surface area contributed by atoms with Crippen molar-refractivity contribution in [3.05, 3.63) is 59.6 Å². The highest BCUT2D eigenvalue weighted by Crippen LogP contribution is 2.10. The lowest BCUT2D eigenvalue weighted by Crippen LogP contribution is -2.40. The standard InChI is InChI=1S/C17H21F2N3O2.HI/c1-23-10-8-21-17(20-7-6-15-3-2-9-24-15)22-12-13-11-14(18)4-5-16(13)19;/h2-5,9,11H,6-8,10,12H2,1H3,(H2,20,21,22);1H. The van der Waals surface area contributed by atoms with Gasteiger partial charge in [0.15, 0.2) is 5.96 Å². The van der Waals surface area contributed by atoms with Gasteiger partial charge in [-0.1, -0.05) is 0 Å². The maximum absolute atomic E-state index is 13.7. The topological polar surface area (TPSA) is 58.8 Å². The molecule has 0 spiro atoms. The number of aliphatic imine (C=N–C) groups is 1. The first-order chi connectivity index (χ1) is 11.7. The summed E-state index contributed by atoms with van der Waals surface area (Å²) in [7, 11) is 1.60. The van der Waals surface area contributed by atoms with E-state index in [1.165, 1.54) is 0 Å². The van der Waals surface area contributed by atoms with Crippen molar-refractivity contribution in [1.29, 1.82) is 0 Å². The number of nitrogens with one attached hydrogen (secondary N) is 2. The van der Waals surface area contributed by atoms with Crippen molar-refractivity contribution in [3.63, 3.8) is 0 Å². The van der Waals surface area contributed by atoms with Crippen molar-refractivity contribution >= 4 is 29.9 Å². The SMILES string of the molecule is COCCNC(=NCc1cc(F)ccc1F)NCCc1ccco1.I. The Balaban J connectivity index is 0.00000312. The first-order valence-electron chi connectivity index (χ1n) is 7.66. The Labute approximate surface area is 162 Å². The second-order valence-corrected chi connectivity index (χ2v) is 5.08. The molecule has 0 saturated heterocycles. The minimum atomic E-state index is -0.485. The molecule has 0 unspecified atom stereocenters. The van der Waals surface area contributed by atoms with Gasteiger partial charge in [0, 0.05) is 32.2 Å². The number of halogens is 3. The summed E-state index contributed by atoms with van der Waals surface area (Å²) >= 11 is 0. The third-order valence-electron chi connectivity index (χ3n) is 3.26. The van der Waals surface area contributed by atoms with E-state index in [0.717, 1.165) is 24.0 Å². The van der Waals surface area contributed by atoms with Crippen molar-refractivity contribution in [2.75, 3.05) is 26.8 Å². The van der Waals surface area contributed by atoms with Gasteiger partial charge in [-0.05, 0) is 30.3 Å². The maximum atomic E-state index is 13.7. The number of rotatable bonds is 8. The van der Waals surface area contributed by atoms with Gasteiger partial charge in [0.05, 0.1) is 19.4 Å². The van der Waals surface area contributed by atoms with Gasteiger partial charge in [0.2, 0.25) is 0 Å². The van der Waals surface area contributed by atoms with E-state index < -0.39 is 11.6 Å². The molecule has 2 rings (SSSR count). The molecule has 5 nitrogen and oxygen atoms in total. The zero-order valence-corrected chi connectivity index (χ0v) is 16.3.